The number of carbonyl (C=O) groups is 2. The summed E-state index contributed by atoms with van der Waals surface area (Å²) in [4.78, 5) is 31.1. The number of amides is 2. The lowest BCUT2D eigenvalue weighted by Crippen LogP contribution is -2.47. The van der Waals surface area contributed by atoms with Crippen LogP contribution in [0.4, 0.5) is 4.79 Å². The lowest BCUT2D eigenvalue weighted by Gasteiger charge is -2.33. The summed E-state index contributed by atoms with van der Waals surface area (Å²) in [6.45, 7) is 10.6. The number of aliphatic hydroxyl groups is 2. The molecule has 0 unspecified atom stereocenters. The fourth-order valence-electron chi connectivity index (χ4n) is 6.55. The summed E-state index contributed by atoms with van der Waals surface area (Å²) in [7, 11) is 0. The number of morpholine rings is 1. The highest BCUT2D eigenvalue weighted by molar-refractivity contribution is 5.77. The number of nitrogens with one attached hydrogen (secondary N) is 1. The van der Waals surface area contributed by atoms with Crippen molar-refractivity contribution in [2.75, 3.05) is 39.5 Å². The van der Waals surface area contributed by atoms with Crippen LogP contribution < -0.4 is 10.1 Å². The van der Waals surface area contributed by atoms with Gasteiger partial charge in [-0.15, -0.1) is 0 Å². The van der Waals surface area contributed by atoms with Gasteiger partial charge in [-0.2, -0.15) is 0 Å². The second-order valence-corrected chi connectivity index (χ2v) is 13.9. The van der Waals surface area contributed by atoms with E-state index in [-0.39, 0.29) is 25.3 Å². The van der Waals surface area contributed by atoms with Gasteiger partial charge >= 0.3 is 6.09 Å². The topological polar surface area (TPSA) is 121 Å². The maximum Gasteiger partial charge on any atom is 0.407 e. The molecule has 2 aliphatic rings. The Hall–Kier alpha value is -3.96. The fraction of sp³-hybridized carbons (Fsp3) is 0.500. The van der Waals surface area contributed by atoms with Crippen molar-refractivity contribution in [1.82, 2.24) is 15.1 Å². The van der Waals surface area contributed by atoms with Crippen LogP contribution >= 0.6 is 0 Å². The highest BCUT2D eigenvalue weighted by atomic mass is 16.6. The van der Waals surface area contributed by atoms with Crippen molar-refractivity contribution in [1.29, 1.82) is 0 Å². The first-order chi connectivity index (χ1) is 24.1. The molecule has 3 aromatic rings. The highest BCUT2D eigenvalue weighted by Crippen LogP contribution is 2.37. The molecule has 0 saturated carbocycles. The molecule has 3 N–H and O–H groups in total. The Morgan fingerprint density at radius 1 is 1.00 bits per heavy atom. The summed E-state index contributed by atoms with van der Waals surface area (Å²) in [5, 5.41) is 25.6. The second-order valence-electron chi connectivity index (χ2n) is 13.9. The maximum absolute atomic E-state index is 14.1. The van der Waals surface area contributed by atoms with Gasteiger partial charge in [0.2, 0.25) is 5.91 Å². The van der Waals surface area contributed by atoms with Crippen molar-refractivity contribution in [3.05, 3.63) is 101 Å². The van der Waals surface area contributed by atoms with Gasteiger partial charge in [-0.05, 0) is 67.5 Å². The molecule has 10 nitrogen and oxygen atoms in total. The first-order valence-corrected chi connectivity index (χ1v) is 17.9. The Bertz CT molecular complexity index is 1510. The smallest absolute Gasteiger partial charge is 0.407 e. The minimum atomic E-state index is -1.02. The number of benzene rings is 3. The average molecular weight is 688 g/mol. The largest absolute Gasteiger partial charge is 0.492 e. The predicted molar refractivity (Wildman–Crippen MR) is 192 cm³/mol. The summed E-state index contributed by atoms with van der Waals surface area (Å²) in [6, 6.07) is 24.0. The van der Waals surface area contributed by atoms with E-state index in [2.05, 4.69) is 10.2 Å². The Morgan fingerprint density at radius 3 is 2.42 bits per heavy atom. The van der Waals surface area contributed by atoms with E-state index in [4.69, 9.17) is 14.2 Å². The molecule has 0 radical (unpaired) electrons. The first kappa shape index (κ1) is 37.3. The standard InChI is InChI=1S/C40H53N3O7/c1-4-40(2,3)50-39(47)41-34(26-29-10-6-5-7-11-29)35(44)18-19-37(46)43(38-33-13-9-8-12-31(33)27-36(38)45)28-30-14-16-32(17-15-30)49-25-22-42-20-23-48-24-21-42/h5-17,34-36,38,44-45H,4,18-28H2,1-3H3,(H,41,47)/t34-,35-,36+,38-/m0/s1. The van der Waals surface area contributed by atoms with Gasteiger partial charge in [-0.25, -0.2) is 4.79 Å². The number of hydrogen-bond donors (Lipinski definition) is 3. The number of hydrogen-bond acceptors (Lipinski definition) is 8. The van der Waals surface area contributed by atoms with E-state index in [0.717, 1.165) is 60.9 Å². The first-order valence-electron chi connectivity index (χ1n) is 17.9. The van der Waals surface area contributed by atoms with Crippen LogP contribution in [0.2, 0.25) is 0 Å². The maximum atomic E-state index is 14.1. The van der Waals surface area contributed by atoms with Gasteiger partial charge in [-0.1, -0.05) is 73.7 Å². The number of carbonyl (C=O) groups excluding carboxylic acids is 2. The third-order valence-electron chi connectivity index (χ3n) is 9.82. The van der Waals surface area contributed by atoms with Crippen molar-refractivity contribution in [2.24, 2.45) is 0 Å². The molecule has 5 rings (SSSR count). The van der Waals surface area contributed by atoms with Crippen LogP contribution in [-0.2, 0) is 33.7 Å². The normalized spacial score (nSPS) is 18.9. The third kappa shape index (κ3) is 10.5. The number of aliphatic hydroxyl groups excluding tert-OH is 2. The average Bonchev–Trinajstić information content (AvgIpc) is 3.45. The van der Waals surface area contributed by atoms with Crippen LogP contribution in [0.3, 0.4) is 0 Å². The van der Waals surface area contributed by atoms with Crippen LogP contribution in [0, 0.1) is 0 Å². The molecule has 0 aromatic heterocycles. The number of alkyl carbamates (subject to hydrolysis) is 1. The zero-order valence-electron chi connectivity index (χ0n) is 29.6. The molecule has 1 heterocycles. The molecule has 50 heavy (non-hydrogen) atoms. The molecule has 1 saturated heterocycles. The molecule has 1 fully saturated rings. The Kier molecular flexibility index (Phi) is 13.3. The van der Waals surface area contributed by atoms with Crippen LogP contribution in [-0.4, -0.2) is 95.3 Å². The highest BCUT2D eigenvalue weighted by Gasteiger charge is 2.38. The van der Waals surface area contributed by atoms with Gasteiger partial charge in [0.1, 0.15) is 18.0 Å². The van der Waals surface area contributed by atoms with Crippen LogP contribution in [0.15, 0.2) is 78.9 Å². The molecular weight excluding hydrogens is 634 g/mol. The zero-order valence-corrected chi connectivity index (χ0v) is 29.6. The monoisotopic (exact) mass is 687 g/mol. The Morgan fingerprint density at radius 2 is 1.70 bits per heavy atom. The van der Waals surface area contributed by atoms with E-state index in [0.29, 0.717) is 25.9 Å². The van der Waals surface area contributed by atoms with E-state index >= 15 is 0 Å². The number of rotatable bonds is 16. The summed E-state index contributed by atoms with van der Waals surface area (Å²) in [5.41, 5.74) is 3.14. The van der Waals surface area contributed by atoms with E-state index in [9.17, 15) is 19.8 Å². The van der Waals surface area contributed by atoms with Gasteiger partial charge in [0.25, 0.3) is 0 Å². The van der Waals surface area contributed by atoms with Gasteiger partial charge in [-0.3, -0.25) is 9.69 Å². The molecule has 270 valence electrons. The lowest BCUT2D eigenvalue weighted by atomic mass is 9.97. The molecule has 1 aliphatic carbocycles. The third-order valence-corrected chi connectivity index (χ3v) is 9.82. The zero-order chi connectivity index (χ0) is 35.5. The predicted octanol–water partition coefficient (Wildman–Crippen LogP) is 5.05. The van der Waals surface area contributed by atoms with Crippen molar-refractivity contribution in [3.8, 4) is 5.75 Å². The van der Waals surface area contributed by atoms with Crippen molar-refractivity contribution >= 4 is 12.0 Å². The minimum absolute atomic E-state index is 0.0256. The molecular formula is C40H53N3O7. The van der Waals surface area contributed by atoms with E-state index in [1.807, 2.05) is 99.6 Å². The van der Waals surface area contributed by atoms with Crippen molar-refractivity contribution in [2.45, 2.75) is 89.3 Å². The SMILES string of the molecule is CCC(C)(C)OC(=O)N[C@@H](Cc1ccccc1)[C@@H](O)CCC(=O)N(Cc1ccc(OCCN2CCOCC2)cc1)[C@H]1c2ccccc2C[C@H]1O. The molecule has 4 atom stereocenters. The van der Waals surface area contributed by atoms with Gasteiger partial charge in [0, 0.05) is 39.0 Å². The van der Waals surface area contributed by atoms with Crippen LogP contribution in [0.5, 0.6) is 5.75 Å². The summed E-state index contributed by atoms with van der Waals surface area (Å²) < 4.78 is 17.0. The molecule has 2 amide bonds. The molecule has 1 aliphatic heterocycles. The van der Waals surface area contributed by atoms with E-state index in [1.165, 1.54) is 0 Å². The second kappa shape index (κ2) is 17.8. The lowest BCUT2D eigenvalue weighted by molar-refractivity contribution is -0.137. The Balaban J connectivity index is 1.27. The number of nitrogens with zero attached hydrogens (tertiary/aromatic N) is 2. The van der Waals surface area contributed by atoms with E-state index in [1.54, 1.807) is 4.90 Å². The van der Waals surface area contributed by atoms with Gasteiger partial charge in [0.05, 0.1) is 37.5 Å². The molecule has 3 aromatic carbocycles. The van der Waals surface area contributed by atoms with Gasteiger partial charge < -0.3 is 34.6 Å². The molecule has 0 spiro atoms. The molecule has 10 heteroatoms. The minimum Gasteiger partial charge on any atom is -0.492 e. The Labute approximate surface area is 296 Å². The van der Waals surface area contributed by atoms with Gasteiger partial charge in [0.15, 0.2) is 0 Å². The number of ether oxygens (including phenoxy) is 3. The summed E-state index contributed by atoms with van der Waals surface area (Å²) >= 11 is 0. The van der Waals surface area contributed by atoms with E-state index < -0.39 is 36.0 Å². The quantitative estimate of drug-likeness (QED) is 0.191. The van der Waals surface area contributed by atoms with Crippen molar-refractivity contribution < 1.29 is 34.0 Å². The van der Waals surface area contributed by atoms with Crippen LogP contribution in [0.1, 0.15) is 68.3 Å². The van der Waals surface area contributed by atoms with Crippen molar-refractivity contribution in [3.63, 3.8) is 0 Å². The summed E-state index contributed by atoms with van der Waals surface area (Å²) in [5.74, 6) is 0.566. The number of fused-ring (bicyclic) bond motifs is 1. The summed E-state index contributed by atoms with van der Waals surface area (Å²) in [6.07, 6.45) is -0.773. The fourth-order valence-corrected chi connectivity index (χ4v) is 6.55. The molecule has 0 bridgehead atoms. The van der Waals surface area contributed by atoms with Crippen LogP contribution in [0.25, 0.3) is 0 Å².